The number of hydrogen-bond acceptors (Lipinski definition) is 6. The van der Waals surface area contributed by atoms with Crippen LogP contribution in [0, 0.1) is 0 Å². The maximum Gasteiger partial charge on any atom is 0.355 e. The topological polar surface area (TPSA) is 123 Å². The third kappa shape index (κ3) is 3.19. The number of carboxylic acids is 1. The molecule has 2 unspecified atom stereocenters. The second-order valence-corrected chi connectivity index (χ2v) is 5.07. The van der Waals surface area contributed by atoms with Crippen LogP contribution in [-0.2, 0) is 6.54 Å². The molecule has 0 aliphatic carbocycles. The standard InChI is InChI=1S/C10H13N3O5S/c14-6-2-13(3-7(6)15)10(18)11-1-8-12-5(4-19-8)9(16)17/h4,6-7,14-15H,1-3H2,(H,11,18)(H,16,17). The summed E-state index contributed by atoms with van der Waals surface area (Å²) < 4.78 is 0. The Labute approximate surface area is 112 Å². The number of aliphatic hydroxyl groups is 2. The van der Waals surface area contributed by atoms with Gasteiger partial charge in [0.2, 0.25) is 0 Å². The molecule has 0 bridgehead atoms. The van der Waals surface area contributed by atoms with Gasteiger partial charge in [-0.2, -0.15) is 0 Å². The summed E-state index contributed by atoms with van der Waals surface area (Å²) in [6.45, 7) is 0.260. The molecular formula is C10H13N3O5S. The maximum absolute atomic E-state index is 11.7. The van der Waals surface area contributed by atoms with Gasteiger partial charge in [0.1, 0.15) is 5.01 Å². The monoisotopic (exact) mass is 287 g/mol. The van der Waals surface area contributed by atoms with Crippen LogP contribution >= 0.6 is 11.3 Å². The van der Waals surface area contributed by atoms with E-state index >= 15 is 0 Å². The zero-order chi connectivity index (χ0) is 14.0. The summed E-state index contributed by atoms with van der Waals surface area (Å²) in [5.41, 5.74) is -0.0544. The minimum absolute atomic E-state index is 0.0544. The molecule has 104 valence electrons. The molecule has 8 nitrogen and oxygen atoms in total. The number of nitrogens with one attached hydrogen (secondary N) is 1. The van der Waals surface area contributed by atoms with E-state index in [0.29, 0.717) is 5.01 Å². The Balaban J connectivity index is 1.85. The summed E-state index contributed by atoms with van der Waals surface area (Å²) in [4.78, 5) is 27.4. The molecule has 1 aliphatic rings. The molecule has 2 heterocycles. The van der Waals surface area contributed by atoms with E-state index in [1.807, 2.05) is 0 Å². The number of rotatable bonds is 3. The van der Waals surface area contributed by atoms with Gasteiger partial charge < -0.3 is 25.5 Å². The molecule has 0 spiro atoms. The van der Waals surface area contributed by atoms with Crippen LogP contribution in [0.25, 0.3) is 0 Å². The Morgan fingerprint density at radius 3 is 2.58 bits per heavy atom. The maximum atomic E-state index is 11.7. The number of hydrogen-bond donors (Lipinski definition) is 4. The highest BCUT2D eigenvalue weighted by Crippen LogP contribution is 2.12. The van der Waals surface area contributed by atoms with Crippen molar-refractivity contribution in [3.05, 3.63) is 16.1 Å². The third-order valence-corrected chi connectivity index (χ3v) is 3.56. The van der Waals surface area contributed by atoms with E-state index < -0.39 is 24.2 Å². The van der Waals surface area contributed by atoms with E-state index in [4.69, 9.17) is 5.11 Å². The number of aromatic carboxylic acids is 1. The van der Waals surface area contributed by atoms with Crippen LogP contribution in [0.5, 0.6) is 0 Å². The van der Waals surface area contributed by atoms with Crippen molar-refractivity contribution in [1.82, 2.24) is 15.2 Å². The Morgan fingerprint density at radius 1 is 1.42 bits per heavy atom. The lowest BCUT2D eigenvalue weighted by Gasteiger charge is -2.15. The quantitative estimate of drug-likeness (QED) is 0.570. The Kier molecular flexibility index (Phi) is 3.98. The number of thiazole rings is 1. The number of aromatic nitrogens is 1. The molecule has 0 saturated carbocycles. The van der Waals surface area contributed by atoms with E-state index in [1.54, 1.807) is 0 Å². The van der Waals surface area contributed by atoms with Gasteiger partial charge in [-0.15, -0.1) is 11.3 Å². The van der Waals surface area contributed by atoms with Gasteiger partial charge in [0.05, 0.1) is 31.8 Å². The van der Waals surface area contributed by atoms with Crippen LogP contribution in [-0.4, -0.2) is 62.5 Å². The average Bonchev–Trinajstić information content (AvgIpc) is 2.94. The van der Waals surface area contributed by atoms with Crippen LogP contribution in [0.1, 0.15) is 15.5 Å². The van der Waals surface area contributed by atoms with Crippen molar-refractivity contribution in [3.63, 3.8) is 0 Å². The molecule has 0 aromatic carbocycles. The molecule has 2 atom stereocenters. The number of amides is 2. The van der Waals surface area contributed by atoms with E-state index in [2.05, 4.69) is 10.3 Å². The van der Waals surface area contributed by atoms with Crippen molar-refractivity contribution >= 4 is 23.3 Å². The molecule has 1 aromatic heterocycles. The highest BCUT2D eigenvalue weighted by molar-refractivity contribution is 7.09. The summed E-state index contributed by atoms with van der Waals surface area (Å²) in [5, 5.41) is 31.8. The fourth-order valence-corrected chi connectivity index (χ4v) is 2.40. The lowest BCUT2D eigenvalue weighted by Crippen LogP contribution is -2.38. The molecule has 19 heavy (non-hydrogen) atoms. The van der Waals surface area contributed by atoms with E-state index in [9.17, 15) is 19.8 Å². The van der Waals surface area contributed by atoms with Crippen LogP contribution in [0.15, 0.2) is 5.38 Å². The molecule has 0 radical (unpaired) electrons. The van der Waals surface area contributed by atoms with Crippen LogP contribution in [0.3, 0.4) is 0 Å². The van der Waals surface area contributed by atoms with Gasteiger partial charge in [0.15, 0.2) is 5.69 Å². The summed E-state index contributed by atoms with van der Waals surface area (Å²) in [7, 11) is 0. The fourth-order valence-electron chi connectivity index (χ4n) is 1.69. The summed E-state index contributed by atoms with van der Waals surface area (Å²) in [6, 6.07) is -0.428. The Morgan fingerprint density at radius 2 is 2.05 bits per heavy atom. The van der Waals surface area contributed by atoms with Crippen LogP contribution in [0.4, 0.5) is 4.79 Å². The van der Waals surface area contributed by atoms with Gasteiger partial charge >= 0.3 is 12.0 Å². The average molecular weight is 287 g/mol. The third-order valence-electron chi connectivity index (χ3n) is 2.71. The number of urea groups is 1. The highest BCUT2D eigenvalue weighted by atomic mass is 32.1. The molecule has 4 N–H and O–H groups in total. The van der Waals surface area contributed by atoms with Crippen molar-refractivity contribution in [3.8, 4) is 0 Å². The molecule has 2 rings (SSSR count). The second-order valence-electron chi connectivity index (χ2n) is 4.13. The Hall–Kier alpha value is -1.71. The van der Waals surface area contributed by atoms with Gasteiger partial charge in [-0.05, 0) is 0 Å². The largest absolute Gasteiger partial charge is 0.476 e. The number of likely N-dealkylation sites (tertiary alicyclic amines) is 1. The number of carboxylic acid groups (broad SMARTS) is 1. The van der Waals surface area contributed by atoms with Crippen molar-refractivity contribution in [2.24, 2.45) is 0 Å². The fraction of sp³-hybridized carbons (Fsp3) is 0.500. The predicted octanol–water partition coefficient (Wildman–Crippen LogP) is -0.912. The minimum Gasteiger partial charge on any atom is -0.476 e. The summed E-state index contributed by atoms with van der Waals surface area (Å²) in [5.74, 6) is -1.11. The minimum atomic E-state index is -1.11. The van der Waals surface area contributed by atoms with Crippen molar-refractivity contribution in [1.29, 1.82) is 0 Å². The van der Waals surface area contributed by atoms with Crippen molar-refractivity contribution in [2.45, 2.75) is 18.8 Å². The lowest BCUT2D eigenvalue weighted by molar-refractivity contribution is 0.0572. The molecule has 1 fully saturated rings. The molecule has 1 aliphatic heterocycles. The number of nitrogens with zero attached hydrogens (tertiary/aromatic N) is 2. The molecule has 2 amide bonds. The number of carbonyl (C=O) groups is 2. The van der Waals surface area contributed by atoms with Gasteiger partial charge in [-0.25, -0.2) is 14.6 Å². The van der Waals surface area contributed by atoms with Gasteiger partial charge in [0.25, 0.3) is 0 Å². The summed E-state index contributed by atoms with van der Waals surface area (Å²) >= 11 is 1.14. The second kappa shape index (κ2) is 5.51. The van der Waals surface area contributed by atoms with Gasteiger partial charge in [-0.1, -0.05) is 0 Å². The number of carbonyl (C=O) groups excluding carboxylic acids is 1. The van der Waals surface area contributed by atoms with Crippen molar-refractivity contribution in [2.75, 3.05) is 13.1 Å². The SMILES string of the molecule is O=C(O)c1csc(CNC(=O)N2CC(O)C(O)C2)n1. The Bertz CT molecular complexity index is 481. The lowest BCUT2D eigenvalue weighted by atomic mass is 10.3. The first-order valence-corrected chi connectivity index (χ1v) is 6.42. The summed E-state index contributed by atoms with van der Waals surface area (Å²) in [6.07, 6.45) is -1.85. The molecule has 9 heteroatoms. The molecule has 1 aromatic rings. The predicted molar refractivity (Wildman–Crippen MR) is 64.9 cm³/mol. The number of aliphatic hydroxyl groups excluding tert-OH is 2. The first kappa shape index (κ1) is 13.7. The first-order valence-electron chi connectivity index (χ1n) is 5.54. The highest BCUT2D eigenvalue weighted by Gasteiger charge is 2.32. The smallest absolute Gasteiger partial charge is 0.355 e. The zero-order valence-electron chi connectivity index (χ0n) is 9.81. The van der Waals surface area contributed by atoms with Gasteiger partial charge in [0, 0.05) is 5.38 Å². The van der Waals surface area contributed by atoms with Crippen LogP contribution in [0.2, 0.25) is 0 Å². The molecular weight excluding hydrogens is 274 g/mol. The van der Waals surface area contributed by atoms with E-state index in [0.717, 1.165) is 11.3 Å². The van der Waals surface area contributed by atoms with Crippen LogP contribution < -0.4 is 5.32 Å². The normalized spacial score (nSPS) is 22.5. The zero-order valence-corrected chi connectivity index (χ0v) is 10.6. The first-order chi connectivity index (χ1) is 8.97. The van der Waals surface area contributed by atoms with E-state index in [1.165, 1.54) is 10.3 Å². The van der Waals surface area contributed by atoms with Gasteiger partial charge in [-0.3, -0.25) is 0 Å². The number of β-amino-alcohol motifs (C(OH)–C–C–N with tert-alkyl or cyclic N) is 2. The van der Waals surface area contributed by atoms with E-state index in [-0.39, 0.29) is 25.3 Å². The molecule has 1 saturated heterocycles. The van der Waals surface area contributed by atoms with Crippen molar-refractivity contribution < 1.29 is 24.9 Å².